The van der Waals surface area contributed by atoms with E-state index in [9.17, 15) is 9.18 Å². The molecule has 0 saturated heterocycles. The van der Waals surface area contributed by atoms with Crippen LogP contribution < -0.4 is 0 Å². The summed E-state index contributed by atoms with van der Waals surface area (Å²) in [7, 11) is 1.38. The molecule has 0 amide bonds. The number of carboxylic acid groups (broad SMARTS) is 1. The third-order valence-corrected chi connectivity index (χ3v) is 1.46. The molecule has 0 saturated carbocycles. The predicted molar refractivity (Wildman–Crippen MR) is 38.6 cm³/mol. The normalized spacial score (nSPS) is 17.0. The maximum absolute atomic E-state index is 12.9. The van der Waals surface area contributed by atoms with Gasteiger partial charge in [0.1, 0.15) is 5.83 Å². The first kappa shape index (κ1) is 8.73. The fraction of sp³-hybridized carbons (Fsp3) is 0.286. The summed E-state index contributed by atoms with van der Waals surface area (Å²) in [6, 6.07) is 0. The molecular formula is C7H8FNO3. The Bertz CT molecular complexity index is 259. The Kier molecular flexibility index (Phi) is 2.44. The van der Waals surface area contributed by atoms with E-state index in [1.54, 1.807) is 0 Å². The van der Waals surface area contributed by atoms with Gasteiger partial charge in [-0.25, -0.2) is 9.18 Å². The third-order valence-electron chi connectivity index (χ3n) is 1.46. The molecule has 0 aromatic rings. The molecule has 1 rings (SSSR count). The maximum atomic E-state index is 12.9. The molecule has 4 nitrogen and oxygen atoms in total. The molecule has 0 atom stereocenters. The second-order valence-electron chi connectivity index (χ2n) is 2.20. The molecule has 1 heterocycles. The maximum Gasteiger partial charge on any atom is 0.338 e. The van der Waals surface area contributed by atoms with E-state index in [1.807, 2.05) is 0 Å². The van der Waals surface area contributed by atoms with Gasteiger partial charge in [0.15, 0.2) is 0 Å². The summed E-state index contributed by atoms with van der Waals surface area (Å²) in [4.78, 5) is 15.0. The average molecular weight is 173 g/mol. The molecule has 0 aromatic heterocycles. The van der Waals surface area contributed by atoms with Gasteiger partial charge in [0.25, 0.3) is 0 Å². The number of carboxylic acids is 1. The largest absolute Gasteiger partial charge is 0.478 e. The van der Waals surface area contributed by atoms with Gasteiger partial charge >= 0.3 is 5.97 Å². The van der Waals surface area contributed by atoms with E-state index in [0.717, 1.165) is 6.08 Å². The molecule has 0 aromatic carbocycles. The van der Waals surface area contributed by atoms with Gasteiger partial charge in [-0.2, -0.15) is 0 Å². The minimum atomic E-state index is -1.26. The van der Waals surface area contributed by atoms with Crippen molar-refractivity contribution in [2.24, 2.45) is 0 Å². The molecule has 0 radical (unpaired) electrons. The molecule has 0 spiro atoms. The number of hydroxylamine groups is 2. The van der Waals surface area contributed by atoms with Crippen LogP contribution in [-0.2, 0) is 9.63 Å². The van der Waals surface area contributed by atoms with Gasteiger partial charge in [0.2, 0.25) is 0 Å². The van der Waals surface area contributed by atoms with E-state index >= 15 is 0 Å². The smallest absolute Gasteiger partial charge is 0.338 e. The highest BCUT2D eigenvalue weighted by Crippen LogP contribution is 2.15. The number of nitrogens with zero attached hydrogens (tertiary/aromatic N) is 1. The van der Waals surface area contributed by atoms with E-state index < -0.39 is 11.8 Å². The first-order valence-electron chi connectivity index (χ1n) is 3.26. The van der Waals surface area contributed by atoms with E-state index in [1.165, 1.54) is 18.4 Å². The van der Waals surface area contributed by atoms with Crippen LogP contribution in [0.1, 0.15) is 0 Å². The summed E-state index contributed by atoms with van der Waals surface area (Å²) in [5, 5.41) is 9.66. The highest BCUT2D eigenvalue weighted by Gasteiger charge is 2.17. The van der Waals surface area contributed by atoms with E-state index in [2.05, 4.69) is 4.84 Å². The zero-order chi connectivity index (χ0) is 9.14. The van der Waals surface area contributed by atoms with Gasteiger partial charge in [-0.15, -0.1) is 0 Å². The van der Waals surface area contributed by atoms with Crippen LogP contribution in [0, 0.1) is 0 Å². The standard InChI is InChI=1S/C7H8FNO3/c1-12-9-3-2-5(7(10)11)6(8)4-9/h2-3H,4H2,1H3,(H,10,11). The molecule has 0 fully saturated rings. The summed E-state index contributed by atoms with van der Waals surface area (Å²) in [6.45, 7) is -0.158. The van der Waals surface area contributed by atoms with Crippen LogP contribution in [0.4, 0.5) is 4.39 Å². The minimum Gasteiger partial charge on any atom is -0.478 e. The Morgan fingerprint density at radius 2 is 2.50 bits per heavy atom. The summed E-state index contributed by atoms with van der Waals surface area (Å²) >= 11 is 0. The van der Waals surface area contributed by atoms with Crippen LogP contribution >= 0.6 is 0 Å². The third kappa shape index (κ3) is 1.62. The predicted octanol–water partition coefficient (Wildman–Crippen LogP) is 0.685. The van der Waals surface area contributed by atoms with Gasteiger partial charge in [-0.1, -0.05) is 0 Å². The van der Waals surface area contributed by atoms with Crippen LogP contribution in [-0.4, -0.2) is 29.8 Å². The number of halogens is 1. The number of hydrogen-bond donors (Lipinski definition) is 1. The fourth-order valence-electron chi connectivity index (χ4n) is 0.836. The SMILES string of the molecule is CON1C=CC(C(=O)O)=C(F)C1. The van der Waals surface area contributed by atoms with Crippen LogP contribution in [0.2, 0.25) is 0 Å². The number of aliphatic carboxylic acids is 1. The molecule has 5 heteroatoms. The zero-order valence-corrected chi connectivity index (χ0v) is 6.45. The monoisotopic (exact) mass is 173 g/mol. The van der Waals surface area contributed by atoms with Gasteiger partial charge < -0.3 is 5.11 Å². The number of rotatable bonds is 2. The Hall–Kier alpha value is -1.36. The second kappa shape index (κ2) is 3.36. The lowest BCUT2D eigenvalue weighted by atomic mass is 10.2. The molecule has 1 aliphatic heterocycles. The highest BCUT2D eigenvalue weighted by molar-refractivity contribution is 5.90. The molecule has 1 aliphatic rings. The Balaban J connectivity index is 2.80. The van der Waals surface area contributed by atoms with Crippen molar-refractivity contribution in [2.75, 3.05) is 13.7 Å². The van der Waals surface area contributed by atoms with Crippen molar-refractivity contribution in [3.05, 3.63) is 23.7 Å². The van der Waals surface area contributed by atoms with Gasteiger partial charge in [-0.05, 0) is 6.08 Å². The van der Waals surface area contributed by atoms with Crippen molar-refractivity contribution >= 4 is 5.97 Å². The Labute approximate surface area is 68.5 Å². The van der Waals surface area contributed by atoms with Gasteiger partial charge in [0, 0.05) is 6.20 Å². The first-order chi connectivity index (χ1) is 5.65. The van der Waals surface area contributed by atoms with Gasteiger partial charge in [-0.3, -0.25) is 9.90 Å². The van der Waals surface area contributed by atoms with E-state index in [4.69, 9.17) is 5.11 Å². The first-order valence-corrected chi connectivity index (χ1v) is 3.26. The summed E-state index contributed by atoms with van der Waals surface area (Å²) in [5.41, 5.74) is -0.316. The van der Waals surface area contributed by atoms with Gasteiger partial charge in [0.05, 0.1) is 19.2 Å². The zero-order valence-electron chi connectivity index (χ0n) is 6.45. The second-order valence-corrected chi connectivity index (χ2v) is 2.20. The lowest BCUT2D eigenvalue weighted by molar-refractivity contribution is -0.132. The quantitative estimate of drug-likeness (QED) is 0.667. The Morgan fingerprint density at radius 3 is 2.92 bits per heavy atom. The summed E-state index contributed by atoms with van der Waals surface area (Å²) in [5.74, 6) is -1.97. The van der Waals surface area contributed by atoms with Crippen molar-refractivity contribution in [1.29, 1.82) is 0 Å². The van der Waals surface area contributed by atoms with Crippen molar-refractivity contribution in [3.63, 3.8) is 0 Å². The summed E-state index contributed by atoms with van der Waals surface area (Å²) < 4.78 is 12.9. The molecule has 66 valence electrons. The lowest BCUT2D eigenvalue weighted by Crippen LogP contribution is -2.22. The minimum absolute atomic E-state index is 0.158. The van der Waals surface area contributed by atoms with Crippen LogP contribution in [0.15, 0.2) is 23.7 Å². The van der Waals surface area contributed by atoms with Crippen molar-refractivity contribution in [3.8, 4) is 0 Å². The molecule has 0 aliphatic carbocycles. The van der Waals surface area contributed by atoms with E-state index in [0.29, 0.717) is 0 Å². The average Bonchev–Trinajstić information content (AvgIpc) is 2.03. The van der Waals surface area contributed by atoms with Crippen LogP contribution in [0.3, 0.4) is 0 Å². The molecular weight excluding hydrogens is 165 g/mol. The van der Waals surface area contributed by atoms with Crippen molar-refractivity contribution in [1.82, 2.24) is 5.06 Å². The molecule has 1 N–H and O–H groups in total. The fourth-order valence-corrected chi connectivity index (χ4v) is 0.836. The number of hydrogen-bond acceptors (Lipinski definition) is 3. The van der Waals surface area contributed by atoms with E-state index in [-0.39, 0.29) is 12.1 Å². The topological polar surface area (TPSA) is 49.8 Å². The highest BCUT2D eigenvalue weighted by atomic mass is 19.1. The number of carbonyl (C=O) groups is 1. The van der Waals surface area contributed by atoms with Crippen LogP contribution in [0.25, 0.3) is 0 Å². The molecule has 0 bridgehead atoms. The molecule has 0 unspecified atom stereocenters. The summed E-state index contributed by atoms with van der Waals surface area (Å²) in [6.07, 6.45) is 2.53. The Morgan fingerprint density at radius 1 is 1.83 bits per heavy atom. The van der Waals surface area contributed by atoms with Crippen molar-refractivity contribution < 1.29 is 19.1 Å². The molecule has 12 heavy (non-hydrogen) atoms. The van der Waals surface area contributed by atoms with Crippen molar-refractivity contribution in [2.45, 2.75) is 0 Å². The lowest BCUT2D eigenvalue weighted by Gasteiger charge is -2.19. The van der Waals surface area contributed by atoms with Crippen LogP contribution in [0.5, 0.6) is 0 Å².